The zero-order chi connectivity index (χ0) is 18.1. The van der Waals surface area contributed by atoms with E-state index in [4.69, 9.17) is 5.73 Å². The molecule has 0 spiro atoms. The Morgan fingerprint density at radius 2 is 1.68 bits per heavy atom. The summed E-state index contributed by atoms with van der Waals surface area (Å²) in [6.45, 7) is 1.03. The second-order valence-corrected chi connectivity index (χ2v) is 6.67. The molecule has 2 N–H and O–H groups in total. The molecule has 0 heterocycles. The van der Waals surface area contributed by atoms with Crippen molar-refractivity contribution in [3.63, 3.8) is 0 Å². The van der Waals surface area contributed by atoms with E-state index < -0.39 is 0 Å². The number of hydrogen-bond acceptors (Lipinski definition) is 2. The first-order chi connectivity index (χ1) is 12.1. The van der Waals surface area contributed by atoms with Crippen LogP contribution in [0, 0.1) is 0 Å². The highest BCUT2D eigenvalue weighted by atomic mass is 16.1. The van der Waals surface area contributed by atoms with Crippen LogP contribution in [-0.2, 0) is 4.79 Å². The highest BCUT2D eigenvalue weighted by Crippen LogP contribution is 2.23. The molecule has 25 heavy (non-hydrogen) atoms. The maximum atomic E-state index is 11.9. The number of amides is 1. The van der Waals surface area contributed by atoms with Gasteiger partial charge in [0.2, 0.25) is 5.91 Å². The molecule has 2 aromatic rings. The minimum Gasteiger partial charge on any atom is -0.369 e. The van der Waals surface area contributed by atoms with Gasteiger partial charge in [-0.2, -0.15) is 0 Å². The number of nitrogens with zero attached hydrogens (tertiary/aromatic N) is 1. The molecule has 3 nitrogen and oxygen atoms in total. The van der Waals surface area contributed by atoms with Crippen molar-refractivity contribution in [2.75, 3.05) is 20.6 Å². The molecule has 0 unspecified atom stereocenters. The summed E-state index contributed by atoms with van der Waals surface area (Å²) >= 11 is 0. The Bertz CT molecular complexity index is 692. The van der Waals surface area contributed by atoms with E-state index in [2.05, 4.69) is 49.3 Å². The third-order valence-corrected chi connectivity index (χ3v) is 4.27. The molecular weight excluding hydrogens is 308 g/mol. The van der Waals surface area contributed by atoms with Crippen LogP contribution in [-0.4, -0.2) is 31.4 Å². The number of rotatable bonds is 9. The van der Waals surface area contributed by atoms with Gasteiger partial charge in [-0.25, -0.2) is 0 Å². The number of nitrogens with two attached hydrogens (primary N) is 1. The van der Waals surface area contributed by atoms with Gasteiger partial charge in [-0.1, -0.05) is 73.2 Å². The second-order valence-electron chi connectivity index (χ2n) is 6.67. The van der Waals surface area contributed by atoms with Gasteiger partial charge in [-0.05, 0) is 50.2 Å². The molecule has 0 saturated carbocycles. The fraction of sp³-hybridized carbons (Fsp3) is 0.318. The lowest BCUT2D eigenvalue weighted by Gasteiger charge is -2.15. The fourth-order valence-electron chi connectivity index (χ4n) is 2.89. The molecule has 2 aromatic carbocycles. The summed E-state index contributed by atoms with van der Waals surface area (Å²) in [6, 6.07) is 18.3. The molecule has 132 valence electrons. The molecule has 0 radical (unpaired) electrons. The SMILES string of the molecule is CN(C)CCCC[C@@H](C(N)=O)c1cccc(C=Cc2ccccc2)c1. The maximum absolute atomic E-state index is 11.9. The zero-order valence-corrected chi connectivity index (χ0v) is 15.2. The van der Waals surface area contributed by atoms with Crippen LogP contribution >= 0.6 is 0 Å². The number of benzene rings is 2. The molecule has 0 aliphatic rings. The highest BCUT2D eigenvalue weighted by Gasteiger charge is 2.17. The molecule has 3 heteroatoms. The van der Waals surface area contributed by atoms with Gasteiger partial charge in [0, 0.05) is 0 Å². The van der Waals surface area contributed by atoms with Crippen molar-refractivity contribution < 1.29 is 4.79 Å². The molecule has 0 fully saturated rings. The summed E-state index contributed by atoms with van der Waals surface area (Å²) in [6.07, 6.45) is 7.02. The first kappa shape index (κ1) is 18.9. The van der Waals surface area contributed by atoms with E-state index in [0.29, 0.717) is 0 Å². The summed E-state index contributed by atoms with van der Waals surface area (Å²) in [5.41, 5.74) is 8.91. The van der Waals surface area contributed by atoms with E-state index in [1.54, 1.807) is 0 Å². The summed E-state index contributed by atoms with van der Waals surface area (Å²) in [5.74, 6) is -0.457. The van der Waals surface area contributed by atoms with Crippen LogP contribution in [0.3, 0.4) is 0 Å². The van der Waals surface area contributed by atoms with Crippen LogP contribution in [0.1, 0.15) is 41.9 Å². The van der Waals surface area contributed by atoms with Gasteiger partial charge in [0.15, 0.2) is 0 Å². The molecule has 0 aliphatic carbocycles. The van der Waals surface area contributed by atoms with Gasteiger partial charge in [0.25, 0.3) is 0 Å². The average Bonchev–Trinajstić information content (AvgIpc) is 2.60. The predicted molar refractivity (Wildman–Crippen MR) is 106 cm³/mol. The van der Waals surface area contributed by atoms with E-state index in [9.17, 15) is 4.79 Å². The van der Waals surface area contributed by atoms with Crippen molar-refractivity contribution in [3.05, 3.63) is 71.3 Å². The molecule has 0 aromatic heterocycles. The summed E-state index contributed by atoms with van der Waals surface area (Å²) in [5, 5.41) is 0. The van der Waals surface area contributed by atoms with Crippen LogP contribution in [0.25, 0.3) is 12.2 Å². The number of primary amides is 1. The smallest absolute Gasteiger partial charge is 0.224 e. The Morgan fingerprint density at radius 1 is 1.00 bits per heavy atom. The average molecular weight is 336 g/mol. The molecule has 1 atom stereocenters. The minimum atomic E-state index is -0.242. The first-order valence-corrected chi connectivity index (χ1v) is 8.83. The molecule has 0 bridgehead atoms. The van der Waals surface area contributed by atoms with Crippen LogP contribution in [0.4, 0.5) is 0 Å². The van der Waals surface area contributed by atoms with Gasteiger partial charge in [0.05, 0.1) is 5.92 Å². The predicted octanol–water partition coefficient (Wildman–Crippen LogP) is 4.16. The molecule has 0 aliphatic heterocycles. The summed E-state index contributed by atoms with van der Waals surface area (Å²) < 4.78 is 0. The lowest BCUT2D eigenvalue weighted by molar-refractivity contribution is -0.119. The van der Waals surface area contributed by atoms with E-state index >= 15 is 0 Å². The maximum Gasteiger partial charge on any atom is 0.224 e. The molecule has 1 amide bonds. The Morgan fingerprint density at radius 3 is 2.36 bits per heavy atom. The third-order valence-electron chi connectivity index (χ3n) is 4.27. The molecule has 0 saturated heterocycles. The Kier molecular flexibility index (Phi) is 7.42. The van der Waals surface area contributed by atoms with Crippen molar-refractivity contribution in [1.29, 1.82) is 0 Å². The Balaban J connectivity index is 2.06. The van der Waals surface area contributed by atoms with Crippen molar-refractivity contribution in [2.45, 2.75) is 25.2 Å². The monoisotopic (exact) mass is 336 g/mol. The Labute approximate surface area is 151 Å². The van der Waals surface area contributed by atoms with Gasteiger partial charge in [-0.3, -0.25) is 4.79 Å². The number of carbonyl (C=O) groups excluding carboxylic acids is 1. The lowest BCUT2D eigenvalue weighted by Crippen LogP contribution is -2.22. The van der Waals surface area contributed by atoms with E-state index in [0.717, 1.165) is 42.5 Å². The van der Waals surface area contributed by atoms with Gasteiger partial charge in [0.1, 0.15) is 0 Å². The molecular formula is C22H28N2O. The van der Waals surface area contributed by atoms with Crippen LogP contribution < -0.4 is 5.73 Å². The van der Waals surface area contributed by atoms with Gasteiger partial charge in [-0.15, -0.1) is 0 Å². The fourth-order valence-corrected chi connectivity index (χ4v) is 2.89. The van der Waals surface area contributed by atoms with E-state index in [1.165, 1.54) is 0 Å². The first-order valence-electron chi connectivity index (χ1n) is 8.83. The topological polar surface area (TPSA) is 46.3 Å². The van der Waals surface area contributed by atoms with E-state index in [-0.39, 0.29) is 11.8 Å². The molecule has 2 rings (SSSR count). The largest absolute Gasteiger partial charge is 0.369 e. The third kappa shape index (κ3) is 6.55. The van der Waals surface area contributed by atoms with Crippen molar-refractivity contribution in [1.82, 2.24) is 4.90 Å². The summed E-state index contributed by atoms with van der Waals surface area (Å²) in [4.78, 5) is 14.1. The standard InChI is InChI=1S/C22H28N2O/c1-24(2)16-7-6-13-21(22(23)25)20-12-8-11-19(17-20)15-14-18-9-4-3-5-10-18/h3-5,8-12,14-15,17,21H,6-7,13,16H2,1-2H3,(H2,23,25)/t21-/m1/s1. The van der Waals surface area contributed by atoms with Gasteiger partial charge < -0.3 is 10.6 Å². The summed E-state index contributed by atoms with van der Waals surface area (Å²) in [7, 11) is 4.13. The van der Waals surface area contributed by atoms with Crippen molar-refractivity contribution in [2.24, 2.45) is 5.73 Å². The Hall–Kier alpha value is -2.39. The van der Waals surface area contributed by atoms with Crippen molar-refractivity contribution in [3.8, 4) is 0 Å². The number of unbranched alkanes of at least 4 members (excludes halogenated alkanes) is 1. The van der Waals surface area contributed by atoms with Gasteiger partial charge >= 0.3 is 0 Å². The van der Waals surface area contributed by atoms with Crippen LogP contribution in [0.2, 0.25) is 0 Å². The highest BCUT2D eigenvalue weighted by molar-refractivity contribution is 5.82. The minimum absolute atomic E-state index is 0.216. The number of hydrogen-bond donors (Lipinski definition) is 1. The lowest BCUT2D eigenvalue weighted by atomic mass is 9.91. The normalized spacial score (nSPS) is 12.6. The van der Waals surface area contributed by atoms with E-state index in [1.807, 2.05) is 36.4 Å². The number of carbonyl (C=O) groups is 1. The van der Waals surface area contributed by atoms with Crippen LogP contribution in [0.5, 0.6) is 0 Å². The van der Waals surface area contributed by atoms with Crippen molar-refractivity contribution >= 4 is 18.1 Å². The second kappa shape index (κ2) is 9.80. The van der Waals surface area contributed by atoms with Crippen LogP contribution in [0.15, 0.2) is 54.6 Å². The quantitative estimate of drug-likeness (QED) is 0.552. The zero-order valence-electron chi connectivity index (χ0n) is 15.2.